The first-order valence-electron chi connectivity index (χ1n) is 10.8. The largest absolute Gasteiger partial charge is 0.356 e. The summed E-state index contributed by atoms with van der Waals surface area (Å²) in [7, 11) is 1.81. The van der Waals surface area contributed by atoms with Crippen LogP contribution in [0.15, 0.2) is 29.3 Å². The summed E-state index contributed by atoms with van der Waals surface area (Å²) in [6.07, 6.45) is 8.24. The van der Waals surface area contributed by atoms with Crippen molar-refractivity contribution < 1.29 is 4.79 Å². The topological polar surface area (TPSA) is 60.0 Å². The average molecular weight is 386 g/mol. The third-order valence-corrected chi connectivity index (χ3v) is 5.65. The van der Waals surface area contributed by atoms with E-state index in [1.54, 1.807) is 0 Å². The molecule has 1 aromatic carbocycles. The number of nitrogens with one attached hydrogen (secondary N) is 2. The van der Waals surface area contributed by atoms with Crippen molar-refractivity contribution in [1.29, 1.82) is 0 Å². The van der Waals surface area contributed by atoms with E-state index in [1.165, 1.54) is 50.9 Å². The van der Waals surface area contributed by atoms with E-state index in [-0.39, 0.29) is 5.91 Å². The summed E-state index contributed by atoms with van der Waals surface area (Å²) in [5.74, 6) is 1.07. The Morgan fingerprint density at radius 3 is 2.39 bits per heavy atom. The molecule has 154 valence electrons. The lowest BCUT2D eigenvalue weighted by atomic mass is 10.2. The zero-order chi connectivity index (χ0) is 19.6. The van der Waals surface area contributed by atoms with Crippen LogP contribution in [0.3, 0.4) is 0 Å². The van der Waals surface area contributed by atoms with Gasteiger partial charge in [0.05, 0.1) is 0 Å². The molecule has 6 heteroatoms. The van der Waals surface area contributed by atoms with Gasteiger partial charge in [0.15, 0.2) is 5.96 Å². The van der Waals surface area contributed by atoms with Crippen molar-refractivity contribution in [3.05, 3.63) is 29.8 Å². The van der Waals surface area contributed by atoms with Crippen molar-refractivity contribution in [2.24, 2.45) is 4.99 Å². The number of rotatable bonds is 7. The molecule has 0 saturated carbocycles. The molecule has 2 heterocycles. The van der Waals surface area contributed by atoms with Gasteiger partial charge in [0.2, 0.25) is 5.91 Å². The van der Waals surface area contributed by atoms with Gasteiger partial charge in [-0.05, 0) is 63.0 Å². The molecule has 2 aliphatic heterocycles. The van der Waals surface area contributed by atoms with Gasteiger partial charge in [-0.25, -0.2) is 0 Å². The minimum atomic E-state index is 0.232. The Morgan fingerprint density at radius 1 is 1.00 bits per heavy atom. The van der Waals surface area contributed by atoms with Crippen LogP contribution in [0.4, 0.5) is 5.69 Å². The number of benzene rings is 1. The van der Waals surface area contributed by atoms with Crippen molar-refractivity contribution in [2.45, 2.75) is 51.5 Å². The smallest absolute Gasteiger partial charge is 0.227 e. The molecule has 0 radical (unpaired) electrons. The molecule has 0 bridgehead atoms. The quantitative estimate of drug-likeness (QED) is 0.430. The van der Waals surface area contributed by atoms with Crippen molar-refractivity contribution >= 4 is 17.6 Å². The highest BCUT2D eigenvalue weighted by molar-refractivity contribution is 5.95. The lowest BCUT2D eigenvalue weighted by Crippen LogP contribution is -2.38. The molecule has 28 heavy (non-hydrogen) atoms. The first-order chi connectivity index (χ1) is 13.8. The van der Waals surface area contributed by atoms with Crippen molar-refractivity contribution in [2.75, 3.05) is 44.7 Å². The Balaban J connectivity index is 1.36. The Labute approximate surface area is 169 Å². The van der Waals surface area contributed by atoms with E-state index in [0.29, 0.717) is 6.42 Å². The number of anilines is 1. The SMILES string of the molecule is CN=C(NCCCN1CCCCCC1)NCc1ccc(N2CCCC2=O)cc1. The second kappa shape index (κ2) is 11.1. The Kier molecular flexibility index (Phi) is 8.15. The van der Waals surface area contributed by atoms with Crippen LogP contribution >= 0.6 is 0 Å². The van der Waals surface area contributed by atoms with Crippen LogP contribution in [0, 0.1) is 0 Å². The summed E-state index contributed by atoms with van der Waals surface area (Å²) in [5.41, 5.74) is 2.19. The number of amides is 1. The molecule has 1 amide bonds. The van der Waals surface area contributed by atoms with Crippen molar-refractivity contribution in [3.63, 3.8) is 0 Å². The lowest BCUT2D eigenvalue weighted by Gasteiger charge is -2.20. The zero-order valence-electron chi connectivity index (χ0n) is 17.3. The summed E-state index contributed by atoms with van der Waals surface area (Å²) in [6, 6.07) is 8.25. The number of aliphatic imine (C=N–C) groups is 1. The molecule has 6 nitrogen and oxygen atoms in total. The Hall–Kier alpha value is -2.08. The van der Waals surface area contributed by atoms with E-state index in [1.807, 2.05) is 24.1 Å². The summed E-state index contributed by atoms with van der Waals surface area (Å²) in [6.45, 7) is 6.18. The van der Waals surface area contributed by atoms with Crippen LogP contribution in [0.2, 0.25) is 0 Å². The van der Waals surface area contributed by atoms with E-state index in [4.69, 9.17) is 0 Å². The maximum atomic E-state index is 11.8. The number of nitrogens with zero attached hydrogens (tertiary/aromatic N) is 3. The van der Waals surface area contributed by atoms with E-state index in [2.05, 4.69) is 32.7 Å². The molecule has 0 aromatic heterocycles. The molecular formula is C22H35N5O. The first kappa shape index (κ1) is 20.6. The van der Waals surface area contributed by atoms with Crippen LogP contribution in [0.1, 0.15) is 50.5 Å². The third kappa shape index (κ3) is 6.23. The molecule has 3 rings (SSSR count). The van der Waals surface area contributed by atoms with Crippen molar-refractivity contribution in [1.82, 2.24) is 15.5 Å². The second-order valence-electron chi connectivity index (χ2n) is 7.78. The highest BCUT2D eigenvalue weighted by atomic mass is 16.2. The first-order valence-corrected chi connectivity index (χ1v) is 10.8. The van der Waals surface area contributed by atoms with Gasteiger partial charge in [0.25, 0.3) is 0 Å². The highest BCUT2D eigenvalue weighted by Crippen LogP contribution is 2.21. The van der Waals surface area contributed by atoms with Gasteiger partial charge >= 0.3 is 0 Å². The van der Waals surface area contributed by atoms with Gasteiger partial charge in [0, 0.05) is 38.8 Å². The second-order valence-corrected chi connectivity index (χ2v) is 7.78. The van der Waals surface area contributed by atoms with Gasteiger partial charge < -0.3 is 20.4 Å². The summed E-state index contributed by atoms with van der Waals surface area (Å²) in [5, 5.41) is 6.79. The maximum absolute atomic E-state index is 11.8. The van der Waals surface area contributed by atoms with Crippen LogP contribution in [0.5, 0.6) is 0 Å². The maximum Gasteiger partial charge on any atom is 0.227 e. The molecule has 2 N–H and O–H groups in total. The molecule has 2 aliphatic rings. The van der Waals surface area contributed by atoms with Crippen LogP contribution in [0.25, 0.3) is 0 Å². The zero-order valence-corrected chi connectivity index (χ0v) is 17.3. The predicted octanol–water partition coefficient (Wildman–Crippen LogP) is 2.74. The highest BCUT2D eigenvalue weighted by Gasteiger charge is 2.21. The van der Waals surface area contributed by atoms with Crippen LogP contribution < -0.4 is 15.5 Å². The molecule has 0 unspecified atom stereocenters. The van der Waals surface area contributed by atoms with Gasteiger partial charge in [0.1, 0.15) is 0 Å². The average Bonchev–Trinajstić information content (AvgIpc) is 2.98. The number of guanidine groups is 1. The molecule has 0 spiro atoms. The lowest BCUT2D eigenvalue weighted by molar-refractivity contribution is -0.117. The van der Waals surface area contributed by atoms with Crippen LogP contribution in [-0.4, -0.2) is 56.5 Å². The third-order valence-electron chi connectivity index (χ3n) is 5.65. The van der Waals surface area contributed by atoms with Gasteiger partial charge in [-0.3, -0.25) is 9.79 Å². The standard InChI is InChI=1S/C22H35N5O/c1-23-22(24-13-7-16-26-14-4-2-3-5-15-26)25-18-19-9-11-20(12-10-19)27-17-6-8-21(27)28/h9-12H,2-8,13-18H2,1H3,(H2,23,24,25). The number of hydrogen-bond donors (Lipinski definition) is 2. The molecule has 0 atom stereocenters. The molecule has 1 aromatic rings. The fourth-order valence-corrected chi connectivity index (χ4v) is 3.99. The van der Waals surface area contributed by atoms with Crippen molar-refractivity contribution in [3.8, 4) is 0 Å². The minimum Gasteiger partial charge on any atom is -0.356 e. The van der Waals surface area contributed by atoms with E-state index in [0.717, 1.165) is 44.1 Å². The number of carbonyl (C=O) groups excluding carboxylic acids is 1. The summed E-state index contributed by atoms with van der Waals surface area (Å²) >= 11 is 0. The molecule has 2 saturated heterocycles. The Bertz CT molecular complexity index is 635. The van der Waals surface area contributed by atoms with Gasteiger partial charge in [-0.1, -0.05) is 25.0 Å². The number of likely N-dealkylation sites (tertiary alicyclic amines) is 1. The fourth-order valence-electron chi connectivity index (χ4n) is 3.99. The van der Waals surface area contributed by atoms with E-state index < -0.39 is 0 Å². The molecular weight excluding hydrogens is 350 g/mol. The molecule has 0 aliphatic carbocycles. The summed E-state index contributed by atoms with van der Waals surface area (Å²) in [4.78, 5) is 20.6. The number of hydrogen-bond acceptors (Lipinski definition) is 3. The minimum absolute atomic E-state index is 0.232. The van der Waals surface area contributed by atoms with Gasteiger partial charge in [-0.2, -0.15) is 0 Å². The number of carbonyl (C=O) groups is 1. The van der Waals surface area contributed by atoms with Gasteiger partial charge in [-0.15, -0.1) is 0 Å². The monoisotopic (exact) mass is 385 g/mol. The normalized spacial score (nSPS) is 19.0. The van der Waals surface area contributed by atoms with E-state index >= 15 is 0 Å². The van der Waals surface area contributed by atoms with E-state index in [9.17, 15) is 4.79 Å². The summed E-state index contributed by atoms with van der Waals surface area (Å²) < 4.78 is 0. The predicted molar refractivity (Wildman–Crippen MR) is 116 cm³/mol. The van der Waals surface area contributed by atoms with Crippen LogP contribution in [-0.2, 0) is 11.3 Å². The fraction of sp³-hybridized carbons (Fsp3) is 0.636. The Morgan fingerprint density at radius 2 is 1.75 bits per heavy atom. The molecule has 2 fully saturated rings.